The SMILES string of the molecule is CC1(C)Cc2cccc(CN3CCCCC3CNC(=O)CCN)c2O1.Cl. The molecule has 2 aliphatic rings. The number of ether oxygens (including phenoxy) is 1. The van der Waals surface area contributed by atoms with Gasteiger partial charge in [-0.2, -0.15) is 0 Å². The zero-order chi connectivity index (χ0) is 17.9. The first-order valence-electron chi connectivity index (χ1n) is 9.49. The lowest BCUT2D eigenvalue weighted by Gasteiger charge is -2.36. The third-order valence-corrected chi connectivity index (χ3v) is 5.20. The molecule has 0 spiro atoms. The van der Waals surface area contributed by atoms with Crippen LogP contribution in [0.5, 0.6) is 5.75 Å². The lowest BCUT2D eigenvalue weighted by molar-refractivity contribution is -0.121. The highest BCUT2D eigenvalue weighted by Gasteiger charge is 2.32. The van der Waals surface area contributed by atoms with Gasteiger partial charge in [0, 0.05) is 44.1 Å². The van der Waals surface area contributed by atoms with Crippen molar-refractivity contribution in [1.82, 2.24) is 10.2 Å². The summed E-state index contributed by atoms with van der Waals surface area (Å²) >= 11 is 0. The van der Waals surface area contributed by atoms with Gasteiger partial charge >= 0.3 is 0 Å². The van der Waals surface area contributed by atoms with E-state index in [0.29, 0.717) is 25.6 Å². The molecule has 1 amide bonds. The molecule has 0 aliphatic carbocycles. The minimum absolute atomic E-state index is 0. The van der Waals surface area contributed by atoms with Gasteiger partial charge in [-0.1, -0.05) is 24.6 Å². The first-order chi connectivity index (χ1) is 12.0. The van der Waals surface area contributed by atoms with Gasteiger partial charge in [0.05, 0.1) is 0 Å². The minimum atomic E-state index is -0.115. The Balaban J connectivity index is 0.00000243. The second-order valence-electron chi connectivity index (χ2n) is 7.91. The van der Waals surface area contributed by atoms with Crippen LogP contribution in [0.25, 0.3) is 0 Å². The Bertz CT molecular complexity index is 621. The van der Waals surface area contributed by atoms with Crippen molar-refractivity contribution in [3.05, 3.63) is 29.3 Å². The molecular formula is C20H32ClN3O2. The second kappa shape index (κ2) is 9.07. The Kier molecular flexibility index (Phi) is 7.33. The number of hydrogen-bond acceptors (Lipinski definition) is 4. The van der Waals surface area contributed by atoms with Gasteiger partial charge in [0.2, 0.25) is 5.91 Å². The van der Waals surface area contributed by atoms with E-state index in [1.165, 1.54) is 24.0 Å². The fourth-order valence-corrected chi connectivity index (χ4v) is 3.97. The smallest absolute Gasteiger partial charge is 0.221 e. The molecule has 6 heteroatoms. The highest BCUT2D eigenvalue weighted by Crippen LogP contribution is 2.38. The van der Waals surface area contributed by atoms with E-state index in [0.717, 1.165) is 31.7 Å². The summed E-state index contributed by atoms with van der Waals surface area (Å²) in [4.78, 5) is 14.2. The number of amides is 1. The number of benzene rings is 1. The third kappa shape index (κ3) is 5.12. The fraction of sp³-hybridized carbons (Fsp3) is 0.650. The Morgan fingerprint density at radius 1 is 1.38 bits per heavy atom. The number of nitrogens with one attached hydrogen (secondary N) is 1. The predicted octanol–water partition coefficient (Wildman–Crippen LogP) is 2.64. The normalized spacial score (nSPS) is 21.4. The van der Waals surface area contributed by atoms with E-state index in [-0.39, 0.29) is 23.9 Å². The van der Waals surface area contributed by atoms with Crippen molar-refractivity contribution in [2.45, 2.75) is 64.1 Å². The first-order valence-corrected chi connectivity index (χ1v) is 9.49. The Hall–Kier alpha value is -1.30. The summed E-state index contributed by atoms with van der Waals surface area (Å²) in [6.45, 7) is 7.37. The maximum absolute atomic E-state index is 11.7. The molecule has 2 aliphatic heterocycles. The van der Waals surface area contributed by atoms with Crippen molar-refractivity contribution < 1.29 is 9.53 Å². The van der Waals surface area contributed by atoms with Crippen molar-refractivity contribution >= 4 is 18.3 Å². The lowest BCUT2D eigenvalue weighted by Crippen LogP contribution is -2.46. The number of para-hydroxylation sites is 1. The molecule has 0 radical (unpaired) electrons. The molecule has 3 rings (SSSR count). The van der Waals surface area contributed by atoms with Gasteiger partial charge in [-0.15, -0.1) is 12.4 Å². The molecule has 1 saturated heterocycles. The fourth-order valence-electron chi connectivity index (χ4n) is 3.97. The van der Waals surface area contributed by atoms with Crippen molar-refractivity contribution in [2.24, 2.45) is 5.73 Å². The first kappa shape index (κ1) is 21.0. The van der Waals surface area contributed by atoms with E-state index < -0.39 is 0 Å². The van der Waals surface area contributed by atoms with E-state index in [9.17, 15) is 4.79 Å². The van der Waals surface area contributed by atoms with Crippen LogP contribution in [0.4, 0.5) is 0 Å². The zero-order valence-electron chi connectivity index (χ0n) is 15.9. The molecule has 26 heavy (non-hydrogen) atoms. The number of piperidine rings is 1. The number of carbonyl (C=O) groups is 1. The van der Waals surface area contributed by atoms with Gasteiger partial charge in [-0.05, 0) is 38.8 Å². The average Bonchev–Trinajstić information content (AvgIpc) is 2.89. The van der Waals surface area contributed by atoms with Crippen LogP contribution < -0.4 is 15.8 Å². The molecule has 1 aromatic rings. The number of nitrogens with two attached hydrogens (primary N) is 1. The Morgan fingerprint density at radius 2 is 2.19 bits per heavy atom. The minimum Gasteiger partial charge on any atom is -0.487 e. The summed E-state index contributed by atoms with van der Waals surface area (Å²) in [5.41, 5.74) is 7.92. The van der Waals surface area contributed by atoms with Crippen molar-refractivity contribution in [1.29, 1.82) is 0 Å². The monoisotopic (exact) mass is 381 g/mol. The number of rotatable bonds is 6. The number of fused-ring (bicyclic) bond motifs is 1. The van der Waals surface area contributed by atoms with Gasteiger partial charge in [0.15, 0.2) is 0 Å². The van der Waals surface area contributed by atoms with Gasteiger partial charge in [-0.25, -0.2) is 0 Å². The van der Waals surface area contributed by atoms with Crippen molar-refractivity contribution in [3.63, 3.8) is 0 Å². The van der Waals surface area contributed by atoms with E-state index in [1.807, 2.05) is 0 Å². The quantitative estimate of drug-likeness (QED) is 0.794. The maximum Gasteiger partial charge on any atom is 0.221 e. The highest BCUT2D eigenvalue weighted by molar-refractivity contribution is 5.85. The highest BCUT2D eigenvalue weighted by atomic mass is 35.5. The van der Waals surface area contributed by atoms with Crippen molar-refractivity contribution in [3.8, 4) is 5.75 Å². The molecule has 2 heterocycles. The van der Waals surface area contributed by atoms with E-state index >= 15 is 0 Å². The maximum atomic E-state index is 11.7. The van der Waals surface area contributed by atoms with E-state index in [2.05, 4.69) is 42.3 Å². The lowest BCUT2D eigenvalue weighted by atomic mass is 9.98. The van der Waals surface area contributed by atoms with Crippen LogP contribution in [0.1, 0.15) is 50.7 Å². The van der Waals surface area contributed by atoms with Crippen LogP contribution in [0.3, 0.4) is 0 Å². The molecule has 0 aromatic heterocycles. The standard InChI is InChI=1S/C20H31N3O2.ClH/c1-20(2)12-15-6-5-7-16(19(15)25-20)14-23-11-4-3-8-17(23)13-22-18(24)9-10-21;/h5-7,17H,3-4,8-14,21H2,1-2H3,(H,22,24);1H. The number of likely N-dealkylation sites (tertiary alicyclic amines) is 1. The molecular weight excluding hydrogens is 350 g/mol. The molecule has 1 unspecified atom stereocenters. The van der Waals surface area contributed by atoms with Crippen LogP contribution in [0, 0.1) is 0 Å². The second-order valence-corrected chi connectivity index (χ2v) is 7.91. The van der Waals surface area contributed by atoms with Crippen LogP contribution >= 0.6 is 12.4 Å². The molecule has 1 fully saturated rings. The van der Waals surface area contributed by atoms with E-state index in [4.69, 9.17) is 10.5 Å². The van der Waals surface area contributed by atoms with E-state index in [1.54, 1.807) is 0 Å². The molecule has 1 atom stereocenters. The summed E-state index contributed by atoms with van der Waals surface area (Å²) < 4.78 is 6.22. The number of carbonyl (C=O) groups excluding carboxylic acids is 1. The molecule has 5 nitrogen and oxygen atoms in total. The topological polar surface area (TPSA) is 67.6 Å². The summed E-state index contributed by atoms with van der Waals surface area (Å²) in [6, 6.07) is 6.88. The average molecular weight is 382 g/mol. The van der Waals surface area contributed by atoms with Crippen LogP contribution in [0.2, 0.25) is 0 Å². The molecule has 0 saturated carbocycles. The van der Waals surface area contributed by atoms with Crippen molar-refractivity contribution in [2.75, 3.05) is 19.6 Å². The number of nitrogens with zero attached hydrogens (tertiary/aromatic N) is 1. The molecule has 146 valence electrons. The zero-order valence-corrected chi connectivity index (χ0v) is 16.7. The number of hydrogen-bond donors (Lipinski definition) is 2. The third-order valence-electron chi connectivity index (χ3n) is 5.20. The summed E-state index contributed by atoms with van der Waals surface area (Å²) in [5.74, 6) is 1.13. The van der Waals surface area contributed by atoms with Crippen LogP contribution in [-0.4, -0.2) is 42.1 Å². The van der Waals surface area contributed by atoms with Gasteiger partial charge < -0.3 is 15.8 Å². The van der Waals surface area contributed by atoms with Gasteiger partial charge in [0.1, 0.15) is 11.4 Å². The largest absolute Gasteiger partial charge is 0.487 e. The summed E-state index contributed by atoms with van der Waals surface area (Å²) in [7, 11) is 0. The van der Waals surface area contributed by atoms with Gasteiger partial charge in [0.25, 0.3) is 0 Å². The van der Waals surface area contributed by atoms with Crippen LogP contribution in [-0.2, 0) is 17.8 Å². The predicted molar refractivity (Wildman–Crippen MR) is 107 cm³/mol. The Labute approximate surface area is 163 Å². The summed E-state index contributed by atoms with van der Waals surface area (Å²) in [5, 5.41) is 3.04. The van der Waals surface area contributed by atoms with Gasteiger partial charge in [-0.3, -0.25) is 9.69 Å². The van der Waals surface area contributed by atoms with Crippen LogP contribution in [0.15, 0.2) is 18.2 Å². The molecule has 0 bridgehead atoms. The molecule has 1 aromatic carbocycles. The molecule has 3 N–H and O–H groups in total. The Morgan fingerprint density at radius 3 is 2.96 bits per heavy atom. The number of halogens is 1. The summed E-state index contributed by atoms with van der Waals surface area (Å²) in [6.07, 6.45) is 4.94.